The fourth-order valence-electron chi connectivity index (χ4n) is 2.82. The van der Waals surface area contributed by atoms with Gasteiger partial charge in [-0.25, -0.2) is 4.39 Å². The molecule has 88 valence electrons. The fourth-order valence-corrected chi connectivity index (χ4v) is 2.82. The zero-order valence-electron chi connectivity index (χ0n) is 10.0. The van der Waals surface area contributed by atoms with Crippen molar-refractivity contribution >= 4 is 0 Å². The Morgan fingerprint density at radius 2 is 2.06 bits per heavy atom. The van der Waals surface area contributed by atoms with Crippen LogP contribution in [0.15, 0.2) is 18.2 Å². The minimum absolute atomic E-state index is 0.154. The molecule has 0 spiro atoms. The molecule has 1 nitrogen and oxygen atoms in total. The molecule has 1 aromatic carbocycles. The van der Waals surface area contributed by atoms with Crippen molar-refractivity contribution in [3.05, 3.63) is 35.1 Å². The van der Waals surface area contributed by atoms with Gasteiger partial charge in [-0.2, -0.15) is 0 Å². The van der Waals surface area contributed by atoms with E-state index in [9.17, 15) is 4.39 Å². The molecular formula is C14H20FN. The zero-order chi connectivity index (χ0) is 11.7. The first-order valence-electron chi connectivity index (χ1n) is 6.09. The van der Waals surface area contributed by atoms with Gasteiger partial charge in [-0.05, 0) is 61.3 Å². The summed E-state index contributed by atoms with van der Waals surface area (Å²) in [6, 6.07) is 5.31. The van der Waals surface area contributed by atoms with Crippen LogP contribution in [0.4, 0.5) is 4.39 Å². The SMILES string of the molecule is Cc1cc(F)ccc1C1CC(C)CCC1N. The molecule has 0 radical (unpaired) electrons. The summed E-state index contributed by atoms with van der Waals surface area (Å²) < 4.78 is 13.1. The fraction of sp³-hybridized carbons (Fsp3) is 0.571. The van der Waals surface area contributed by atoms with Crippen LogP contribution in [0.3, 0.4) is 0 Å². The maximum absolute atomic E-state index is 13.1. The van der Waals surface area contributed by atoms with Crippen molar-refractivity contribution in [3.63, 3.8) is 0 Å². The summed E-state index contributed by atoms with van der Waals surface area (Å²) in [4.78, 5) is 0. The second-order valence-electron chi connectivity index (χ2n) is 5.19. The second kappa shape index (κ2) is 4.54. The number of rotatable bonds is 1. The molecule has 0 saturated heterocycles. The van der Waals surface area contributed by atoms with Crippen molar-refractivity contribution in [3.8, 4) is 0 Å². The van der Waals surface area contributed by atoms with Crippen LogP contribution in [-0.2, 0) is 0 Å². The van der Waals surface area contributed by atoms with Crippen LogP contribution in [0.2, 0.25) is 0 Å². The molecule has 3 atom stereocenters. The van der Waals surface area contributed by atoms with E-state index < -0.39 is 0 Å². The Kier molecular flexibility index (Phi) is 3.29. The molecule has 1 fully saturated rings. The minimum Gasteiger partial charge on any atom is -0.327 e. The van der Waals surface area contributed by atoms with Gasteiger partial charge in [0.05, 0.1) is 0 Å². The second-order valence-corrected chi connectivity index (χ2v) is 5.19. The van der Waals surface area contributed by atoms with E-state index in [1.54, 1.807) is 12.1 Å². The van der Waals surface area contributed by atoms with Crippen LogP contribution >= 0.6 is 0 Å². The van der Waals surface area contributed by atoms with Crippen LogP contribution in [0.5, 0.6) is 0 Å². The number of nitrogens with two attached hydrogens (primary N) is 1. The third kappa shape index (κ3) is 2.27. The Hall–Kier alpha value is -0.890. The summed E-state index contributed by atoms with van der Waals surface area (Å²) in [6.07, 6.45) is 3.44. The summed E-state index contributed by atoms with van der Waals surface area (Å²) in [6.45, 7) is 4.25. The lowest BCUT2D eigenvalue weighted by Gasteiger charge is -2.33. The standard InChI is InChI=1S/C14H20FN/c1-9-3-6-14(16)13(7-9)12-5-4-11(15)8-10(12)2/h4-5,8-9,13-14H,3,6-7,16H2,1-2H3. The van der Waals surface area contributed by atoms with E-state index >= 15 is 0 Å². The molecule has 1 aliphatic rings. The van der Waals surface area contributed by atoms with E-state index in [2.05, 4.69) is 6.92 Å². The van der Waals surface area contributed by atoms with Crippen molar-refractivity contribution in [1.29, 1.82) is 0 Å². The molecule has 0 aliphatic heterocycles. The highest BCUT2D eigenvalue weighted by atomic mass is 19.1. The van der Waals surface area contributed by atoms with Gasteiger partial charge in [0.1, 0.15) is 5.82 Å². The van der Waals surface area contributed by atoms with E-state index in [1.165, 1.54) is 12.0 Å². The molecule has 0 aromatic heterocycles. The lowest BCUT2D eigenvalue weighted by Crippen LogP contribution is -2.34. The van der Waals surface area contributed by atoms with Gasteiger partial charge < -0.3 is 5.73 Å². The van der Waals surface area contributed by atoms with Crippen molar-refractivity contribution in [2.45, 2.75) is 45.1 Å². The van der Waals surface area contributed by atoms with Gasteiger partial charge in [-0.3, -0.25) is 0 Å². The van der Waals surface area contributed by atoms with Crippen molar-refractivity contribution < 1.29 is 4.39 Å². The maximum Gasteiger partial charge on any atom is 0.123 e. The number of aryl methyl sites for hydroxylation is 1. The van der Waals surface area contributed by atoms with Gasteiger partial charge in [-0.15, -0.1) is 0 Å². The predicted molar refractivity (Wildman–Crippen MR) is 64.9 cm³/mol. The van der Waals surface area contributed by atoms with Gasteiger partial charge in [0.15, 0.2) is 0 Å². The Morgan fingerprint density at radius 1 is 1.31 bits per heavy atom. The smallest absolute Gasteiger partial charge is 0.123 e. The van der Waals surface area contributed by atoms with E-state index in [0.717, 1.165) is 24.3 Å². The topological polar surface area (TPSA) is 26.0 Å². The quantitative estimate of drug-likeness (QED) is 0.773. The third-order valence-electron chi connectivity index (χ3n) is 3.80. The lowest BCUT2D eigenvalue weighted by molar-refractivity contribution is 0.305. The van der Waals surface area contributed by atoms with Gasteiger partial charge >= 0.3 is 0 Å². The van der Waals surface area contributed by atoms with Gasteiger partial charge in [-0.1, -0.05) is 13.0 Å². The highest BCUT2D eigenvalue weighted by Crippen LogP contribution is 2.36. The van der Waals surface area contributed by atoms with Crippen LogP contribution < -0.4 is 5.73 Å². The van der Waals surface area contributed by atoms with E-state index in [0.29, 0.717) is 5.92 Å². The van der Waals surface area contributed by atoms with Crippen molar-refractivity contribution in [2.24, 2.45) is 11.7 Å². The molecule has 0 heterocycles. The lowest BCUT2D eigenvalue weighted by atomic mass is 9.75. The molecule has 2 N–H and O–H groups in total. The average Bonchev–Trinajstić information content (AvgIpc) is 2.22. The molecule has 0 bridgehead atoms. The zero-order valence-corrected chi connectivity index (χ0v) is 10.0. The highest BCUT2D eigenvalue weighted by molar-refractivity contribution is 5.31. The molecule has 2 rings (SSSR count). The average molecular weight is 221 g/mol. The minimum atomic E-state index is -0.154. The van der Waals surface area contributed by atoms with Crippen LogP contribution in [0.25, 0.3) is 0 Å². The van der Waals surface area contributed by atoms with E-state index in [4.69, 9.17) is 5.73 Å². The summed E-state index contributed by atoms with van der Waals surface area (Å²) in [7, 11) is 0. The first-order chi connectivity index (χ1) is 7.58. The third-order valence-corrected chi connectivity index (χ3v) is 3.80. The summed E-state index contributed by atoms with van der Waals surface area (Å²) in [5, 5.41) is 0. The van der Waals surface area contributed by atoms with Crippen molar-refractivity contribution in [2.75, 3.05) is 0 Å². The maximum atomic E-state index is 13.1. The number of benzene rings is 1. The first-order valence-corrected chi connectivity index (χ1v) is 6.09. The number of hydrogen-bond donors (Lipinski definition) is 1. The van der Waals surface area contributed by atoms with Gasteiger partial charge in [0.2, 0.25) is 0 Å². The van der Waals surface area contributed by atoms with Crippen molar-refractivity contribution in [1.82, 2.24) is 0 Å². The highest BCUT2D eigenvalue weighted by Gasteiger charge is 2.28. The predicted octanol–water partition coefficient (Wildman–Crippen LogP) is 3.37. The molecule has 3 unspecified atom stereocenters. The molecule has 1 aliphatic carbocycles. The van der Waals surface area contributed by atoms with Crippen LogP contribution in [-0.4, -0.2) is 6.04 Å². The number of hydrogen-bond acceptors (Lipinski definition) is 1. The summed E-state index contributed by atoms with van der Waals surface area (Å²) >= 11 is 0. The van der Waals surface area contributed by atoms with Crippen LogP contribution in [0, 0.1) is 18.7 Å². The Balaban J connectivity index is 2.28. The van der Waals surface area contributed by atoms with Gasteiger partial charge in [0.25, 0.3) is 0 Å². The molecule has 2 heteroatoms. The van der Waals surface area contributed by atoms with Gasteiger partial charge in [0, 0.05) is 6.04 Å². The molecule has 1 saturated carbocycles. The molecule has 0 amide bonds. The molecule has 16 heavy (non-hydrogen) atoms. The van der Waals surface area contributed by atoms with Crippen LogP contribution in [0.1, 0.15) is 43.2 Å². The number of halogens is 1. The van der Waals surface area contributed by atoms with E-state index in [-0.39, 0.29) is 11.9 Å². The largest absolute Gasteiger partial charge is 0.327 e. The van der Waals surface area contributed by atoms with E-state index in [1.807, 2.05) is 13.0 Å². The molecule has 1 aromatic rings. The monoisotopic (exact) mass is 221 g/mol. The Labute approximate surface area is 96.9 Å². The first kappa shape index (κ1) is 11.6. The normalized spacial score (nSPS) is 30.4. The summed E-state index contributed by atoms with van der Waals surface area (Å²) in [5.41, 5.74) is 8.46. The Bertz CT molecular complexity index is 375. The molecular weight excluding hydrogens is 201 g/mol. The summed E-state index contributed by atoms with van der Waals surface area (Å²) in [5.74, 6) is 0.984. The Morgan fingerprint density at radius 3 is 2.75 bits per heavy atom.